The molecule has 0 aliphatic carbocycles. The Bertz CT molecular complexity index is 474. The third-order valence-corrected chi connectivity index (χ3v) is 3.46. The monoisotopic (exact) mass is 360 g/mol. The first kappa shape index (κ1) is 17.0. The van der Waals surface area contributed by atoms with Gasteiger partial charge in [0.25, 0.3) is 5.91 Å². The molecule has 6 heteroatoms. The lowest BCUT2D eigenvalue weighted by Crippen LogP contribution is -2.35. The zero-order chi connectivity index (χ0) is 15.1. The van der Waals surface area contributed by atoms with Gasteiger partial charge in [-0.3, -0.25) is 9.59 Å². The van der Waals surface area contributed by atoms with Crippen molar-refractivity contribution < 1.29 is 9.59 Å². The molecule has 0 spiro atoms. The Labute approximate surface area is 132 Å². The highest BCUT2D eigenvalue weighted by Gasteiger charge is 2.09. The normalized spacial score (nSPS) is 11.8. The minimum absolute atomic E-state index is 0.0630. The van der Waals surface area contributed by atoms with E-state index in [0.29, 0.717) is 17.1 Å². The van der Waals surface area contributed by atoms with Gasteiger partial charge in [-0.25, -0.2) is 0 Å². The lowest BCUT2D eigenvalue weighted by Gasteiger charge is -2.11. The second-order valence-corrected chi connectivity index (χ2v) is 5.89. The van der Waals surface area contributed by atoms with E-state index in [1.165, 1.54) is 0 Å². The number of carbonyl (C=O) groups is 2. The van der Waals surface area contributed by atoms with Gasteiger partial charge in [0.05, 0.1) is 0 Å². The van der Waals surface area contributed by atoms with Crippen molar-refractivity contribution in [1.82, 2.24) is 10.6 Å². The molecule has 20 heavy (non-hydrogen) atoms. The summed E-state index contributed by atoms with van der Waals surface area (Å²) in [5, 5.41) is 6.02. The largest absolute Gasteiger partial charge is 0.354 e. The van der Waals surface area contributed by atoms with Gasteiger partial charge < -0.3 is 10.6 Å². The number of halogens is 2. The number of amides is 2. The van der Waals surface area contributed by atoms with Gasteiger partial charge in [0, 0.05) is 34.1 Å². The summed E-state index contributed by atoms with van der Waals surface area (Å²) in [6.07, 6.45) is 1.15. The quantitative estimate of drug-likeness (QED) is 0.818. The lowest BCUT2D eigenvalue weighted by molar-refractivity contribution is -0.121. The minimum atomic E-state index is -0.246. The van der Waals surface area contributed by atoms with Crippen LogP contribution in [-0.2, 0) is 4.79 Å². The van der Waals surface area contributed by atoms with E-state index in [-0.39, 0.29) is 24.3 Å². The van der Waals surface area contributed by atoms with Crippen molar-refractivity contribution in [2.24, 2.45) is 0 Å². The maximum absolute atomic E-state index is 11.9. The first-order chi connectivity index (χ1) is 9.42. The summed E-state index contributed by atoms with van der Waals surface area (Å²) >= 11 is 9.16. The van der Waals surface area contributed by atoms with E-state index in [4.69, 9.17) is 11.6 Å². The van der Waals surface area contributed by atoms with E-state index in [9.17, 15) is 9.59 Å². The number of hydrogen-bond donors (Lipinski definition) is 2. The van der Waals surface area contributed by atoms with Crippen LogP contribution in [0.5, 0.6) is 0 Å². The molecule has 0 saturated carbocycles. The molecule has 0 aromatic heterocycles. The van der Waals surface area contributed by atoms with Gasteiger partial charge in [-0.05, 0) is 31.5 Å². The Balaban J connectivity index is 2.42. The number of carbonyl (C=O) groups excluding carboxylic acids is 2. The van der Waals surface area contributed by atoms with Gasteiger partial charge in [0.15, 0.2) is 0 Å². The van der Waals surface area contributed by atoms with Crippen LogP contribution in [0.15, 0.2) is 22.7 Å². The van der Waals surface area contributed by atoms with Crippen molar-refractivity contribution in [3.63, 3.8) is 0 Å². The van der Waals surface area contributed by atoms with Crippen LogP contribution >= 0.6 is 27.5 Å². The SMILES string of the molecule is CCC(C)NC(=O)CCNC(=O)c1cc(Cl)cc(Br)c1. The molecule has 110 valence electrons. The van der Waals surface area contributed by atoms with Gasteiger partial charge in [-0.2, -0.15) is 0 Å². The van der Waals surface area contributed by atoms with Crippen molar-refractivity contribution in [3.05, 3.63) is 33.3 Å². The van der Waals surface area contributed by atoms with Crippen molar-refractivity contribution in [2.45, 2.75) is 32.7 Å². The highest BCUT2D eigenvalue weighted by Crippen LogP contribution is 2.19. The molecule has 2 amide bonds. The van der Waals surface area contributed by atoms with Crippen LogP contribution in [0.25, 0.3) is 0 Å². The van der Waals surface area contributed by atoms with Gasteiger partial charge in [-0.15, -0.1) is 0 Å². The van der Waals surface area contributed by atoms with Crippen molar-refractivity contribution >= 4 is 39.3 Å². The summed E-state index contributed by atoms with van der Waals surface area (Å²) in [5.41, 5.74) is 0.465. The molecule has 0 bridgehead atoms. The fourth-order valence-corrected chi connectivity index (χ4v) is 2.39. The van der Waals surface area contributed by atoms with E-state index in [2.05, 4.69) is 26.6 Å². The second kappa shape index (κ2) is 8.27. The van der Waals surface area contributed by atoms with Crippen molar-refractivity contribution in [1.29, 1.82) is 0 Å². The molecule has 0 saturated heterocycles. The molecule has 0 aliphatic heterocycles. The highest BCUT2D eigenvalue weighted by atomic mass is 79.9. The molecule has 1 aromatic rings. The van der Waals surface area contributed by atoms with Gasteiger partial charge in [-0.1, -0.05) is 34.5 Å². The standard InChI is InChI=1S/C14H18BrClN2O2/c1-3-9(2)18-13(19)4-5-17-14(20)10-6-11(15)8-12(16)7-10/h6-9H,3-5H2,1-2H3,(H,17,20)(H,18,19). The Morgan fingerprint density at radius 2 is 2.05 bits per heavy atom. The van der Waals surface area contributed by atoms with Gasteiger partial charge >= 0.3 is 0 Å². The molecule has 2 N–H and O–H groups in total. The smallest absolute Gasteiger partial charge is 0.251 e. The highest BCUT2D eigenvalue weighted by molar-refractivity contribution is 9.10. The van der Waals surface area contributed by atoms with Crippen LogP contribution in [0.1, 0.15) is 37.0 Å². The molecule has 0 aliphatic rings. The predicted octanol–water partition coefficient (Wildman–Crippen LogP) is 3.14. The molecule has 0 heterocycles. The Hall–Kier alpha value is -1.07. The molecule has 1 aromatic carbocycles. The van der Waals surface area contributed by atoms with Crippen molar-refractivity contribution in [2.75, 3.05) is 6.54 Å². The number of benzene rings is 1. The average Bonchev–Trinajstić information content (AvgIpc) is 2.37. The van der Waals surface area contributed by atoms with Crippen LogP contribution in [0.2, 0.25) is 5.02 Å². The summed E-state index contributed by atoms with van der Waals surface area (Å²) < 4.78 is 0.740. The van der Waals surface area contributed by atoms with E-state index >= 15 is 0 Å². The van der Waals surface area contributed by atoms with Gasteiger partial charge in [0.2, 0.25) is 5.91 Å². The van der Waals surface area contributed by atoms with Crippen LogP contribution in [0.4, 0.5) is 0 Å². The summed E-state index contributed by atoms with van der Waals surface area (Å²) in [4.78, 5) is 23.4. The van der Waals surface area contributed by atoms with E-state index in [1.54, 1.807) is 18.2 Å². The third kappa shape index (κ3) is 5.92. The topological polar surface area (TPSA) is 58.2 Å². The molecular formula is C14H18BrClN2O2. The first-order valence-electron chi connectivity index (χ1n) is 6.46. The fraction of sp³-hybridized carbons (Fsp3) is 0.429. The summed E-state index contributed by atoms with van der Waals surface area (Å²) in [5.74, 6) is -0.309. The number of nitrogens with one attached hydrogen (secondary N) is 2. The molecule has 4 nitrogen and oxygen atoms in total. The third-order valence-electron chi connectivity index (χ3n) is 2.78. The molecule has 1 atom stereocenters. The zero-order valence-corrected chi connectivity index (χ0v) is 13.8. The zero-order valence-electron chi connectivity index (χ0n) is 11.5. The van der Waals surface area contributed by atoms with Crippen LogP contribution in [-0.4, -0.2) is 24.4 Å². The Morgan fingerprint density at radius 3 is 2.65 bits per heavy atom. The summed E-state index contributed by atoms with van der Waals surface area (Å²) in [7, 11) is 0. The predicted molar refractivity (Wildman–Crippen MR) is 84.0 cm³/mol. The molecule has 0 fully saturated rings. The maximum atomic E-state index is 11.9. The van der Waals surface area contributed by atoms with E-state index < -0.39 is 0 Å². The first-order valence-corrected chi connectivity index (χ1v) is 7.63. The number of hydrogen-bond acceptors (Lipinski definition) is 2. The van der Waals surface area contributed by atoms with Gasteiger partial charge in [0.1, 0.15) is 0 Å². The minimum Gasteiger partial charge on any atom is -0.354 e. The molecule has 1 rings (SSSR count). The average molecular weight is 362 g/mol. The lowest BCUT2D eigenvalue weighted by atomic mass is 10.2. The Morgan fingerprint density at radius 1 is 1.35 bits per heavy atom. The summed E-state index contributed by atoms with van der Waals surface area (Å²) in [6.45, 7) is 4.24. The van der Waals surface area contributed by atoms with Crippen molar-refractivity contribution in [3.8, 4) is 0 Å². The fourth-order valence-electron chi connectivity index (χ4n) is 1.53. The van der Waals surface area contributed by atoms with E-state index in [1.807, 2.05) is 13.8 Å². The molecule has 0 radical (unpaired) electrons. The second-order valence-electron chi connectivity index (χ2n) is 4.54. The molecular weight excluding hydrogens is 344 g/mol. The molecule has 1 unspecified atom stereocenters. The number of rotatable bonds is 6. The maximum Gasteiger partial charge on any atom is 0.251 e. The van der Waals surface area contributed by atoms with Crippen LogP contribution < -0.4 is 10.6 Å². The van der Waals surface area contributed by atoms with Crippen LogP contribution in [0, 0.1) is 0 Å². The van der Waals surface area contributed by atoms with E-state index in [0.717, 1.165) is 10.9 Å². The van der Waals surface area contributed by atoms with Crippen LogP contribution in [0.3, 0.4) is 0 Å². The Kier molecular flexibility index (Phi) is 7.02. The summed E-state index contributed by atoms with van der Waals surface area (Å²) in [6, 6.07) is 5.13.